The highest BCUT2D eigenvalue weighted by Crippen LogP contribution is 2.43. The Labute approximate surface area is 208 Å². The van der Waals surface area contributed by atoms with Gasteiger partial charge in [-0.05, 0) is 42.0 Å². The Kier molecular flexibility index (Phi) is 5.79. The number of aromatic amines is 1. The van der Waals surface area contributed by atoms with E-state index in [0.717, 1.165) is 70.3 Å². The number of nitrogens with two attached hydrogens (primary N) is 1. The van der Waals surface area contributed by atoms with E-state index >= 15 is 0 Å². The molecule has 8 nitrogen and oxygen atoms in total. The minimum atomic E-state index is -0.132. The number of hydrogen-bond donors (Lipinski definition) is 3. The van der Waals surface area contributed by atoms with Gasteiger partial charge >= 0.3 is 0 Å². The number of para-hydroxylation sites is 1. The van der Waals surface area contributed by atoms with Crippen molar-refractivity contribution in [2.45, 2.75) is 13.0 Å². The van der Waals surface area contributed by atoms with Gasteiger partial charge in [0.05, 0.1) is 18.9 Å². The van der Waals surface area contributed by atoms with Crippen LogP contribution in [0.2, 0.25) is 0 Å². The van der Waals surface area contributed by atoms with Crippen molar-refractivity contribution < 1.29 is 9.47 Å². The topological polar surface area (TPSA) is 105 Å². The van der Waals surface area contributed by atoms with Gasteiger partial charge in [-0.2, -0.15) is 0 Å². The fourth-order valence-corrected chi connectivity index (χ4v) is 4.77. The molecule has 0 aliphatic carbocycles. The Hall–Kier alpha value is -4.30. The largest absolute Gasteiger partial charge is 0.456 e. The highest BCUT2D eigenvalue weighted by Gasteiger charge is 2.22. The lowest BCUT2D eigenvalue weighted by Crippen LogP contribution is -2.36. The molecule has 1 saturated heterocycles. The second-order valence-corrected chi connectivity index (χ2v) is 9.01. The molecule has 4 heterocycles. The molecule has 36 heavy (non-hydrogen) atoms. The van der Waals surface area contributed by atoms with Crippen molar-refractivity contribution in [1.29, 1.82) is 0 Å². The molecule has 0 bridgehead atoms. The molecule has 1 fully saturated rings. The maximum Gasteiger partial charge on any atom is 0.250 e. The van der Waals surface area contributed by atoms with E-state index in [1.54, 1.807) is 12.3 Å². The predicted molar refractivity (Wildman–Crippen MR) is 141 cm³/mol. The average Bonchev–Trinajstić information content (AvgIpc) is 2.91. The van der Waals surface area contributed by atoms with E-state index < -0.39 is 0 Å². The number of rotatable bonds is 5. The van der Waals surface area contributed by atoms with Crippen LogP contribution in [0.1, 0.15) is 16.7 Å². The van der Waals surface area contributed by atoms with Crippen molar-refractivity contribution in [3.63, 3.8) is 0 Å². The van der Waals surface area contributed by atoms with Crippen molar-refractivity contribution in [2.24, 2.45) is 0 Å². The summed E-state index contributed by atoms with van der Waals surface area (Å²) in [6.07, 6.45) is 2.42. The quantitative estimate of drug-likeness (QED) is 0.346. The third-order valence-corrected chi connectivity index (χ3v) is 6.65. The Balaban J connectivity index is 1.27. The molecule has 182 valence electrons. The second kappa shape index (κ2) is 9.39. The fourth-order valence-electron chi connectivity index (χ4n) is 4.77. The second-order valence-electron chi connectivity index (χ2n) is 9.01. The molecule has 4 aromatic rings. The fraction of sp³-hybridized carbons (Fsp3) is 0.214. The predicted octanol–water partition coefficient (Wildman–Crippen LogP) is 4.16. The number of H-pyrrole nitrogens is 1. The first-order valence-corrected chi connectivity index (χ1v) is 12.1. The maximum atomic E-state index is 12.5. The summed E-state index contributed by atoms with van der Waals surface area (Å²) in [6.45, 7) is 3.45. The smallest absolute Gasteiger partial charge is 0.250 e. The van der Waals surface area contributed by atoms with E-state index in [1.165, 1.54) is 0 Å². The minimum absolute atomic E-state index is 0.132. The number of nitrogen functional groups attached to an aromatic ring is 1. The van der Waals surface area contributed by atoms with Crippen molar-refractivity contribution >= 4 is 17.2 Å². The standard InChI is InChI=1S/C28H27N5O3/c29-28-19(4-2-8-30-28)17-31-21-6-7-25-20(14-21)13-18-3-1-5-23(27(18)36-25)24-15-22(16-26(34)32-24)33-9-11-35-12-10-33/h1-8,14-16,31H,9-13,17H2,(H2,29,30)(H,32,34). The van der Waals surface area contributed by atoms with Crippen LogP contribution < -0.4 is 26.2 Å². The first-order valence-electron chi connectivity index (χ1n) is 12.1. The SMILES string of the molecule is Nc1ncccc1CNc1ccc2c(c1)Cc1cccc(-c3cc(N4CCOCC4)cc(=O)[nH]3)c1O2. The summed E-state index contributed by atoms with van der Waals surface area (Å²) in [5.41, 5.74) is 12.5. The Morgan fingerprint density at radius 3 is 2.78 bits per heavy atom. The van der Waals surface area contributed by atoms with Gasteiger partial charge in [0.15, 0.2) is 0 Å². The van der Waals surface area contributed by atoms with Gasteiger partial charge in [0.2, 0.25) is 5.56 Å². The average molecular weight is 482 g/mol. The zero-order valence-electron chi connectivity index (χ0n) is 19.8. The van der Waals surface area contributed by atoms with Crippen LogP contribution in [0.15, 0.2) is 71.7 Å². The summed E-state index contributed by atoms with van der Waals surface area (Å²) in [5.74, 6) is 2.13. The number of aromatic nitrogens is 2. The number of fused-ring (bicyclic) bond motifs is 2. The van der Waals surface area contributed by atoms with Crippen LogP contribution in [-0.4, -0.2) is 36.3 Å². The van der Waals surface area contributed by atoms with Gasteiger partial charge < -0.3 is 30.4 Å². The summed E-state index contributed by atoms with van der Waals surface area (Å²) in [5, 5.41) is 3.43. The van der Waals surface area contributed by atoms with Gasteiger partial charge in [-0.1, -0.05) is 18.2 Å². The van der Waals surface area contributed by atoms with E-state index in [-0.39, 0.29) is 5.56 Å². The molecule has 6 rings (SSSR count). The number of anilines is 3. The maximum absolute atomic E-state index is 12.5. The number of hydrogen-bond acceptors (Lipinski definition) is 7. The number of pyridine rings is 2. The van der Waals surface area contributed by atoms with Crippen LogP contribution in [0.25, 0.3) is 11.3 Å². The first-order chi connectivity index (χ1) is 17.6. The van der Waals surface area contributed by atoms with Crippen molar-refractivity contribution in [3.8, 4) is 22.8 Å². The molecular formula is C28H27N5O3. The molecule has 0 unspecified atom stereocenters. The highest BCUT2D eigenvalue weighted by atomic mass is 16.5. The lowest BCUT2D eigenvalue weighted by Gasteiger charge is -2.29. The minimum Gasteiger partial charge on any atom is -0.456 e. The molecule has 0 radical (unpaired) electrons. The third-order valence-electron chi connectivity index (χ3n) is 6.65. The number of nitrogens with zero attached hydrogens (tertiary/aromatic N) is 2. The first kappa shape index (κ1) is 22.2. The Morgan fingerprint density at radius 1 is 1.03 bits per heavy atom. The lowest BCUT2D eigenvalue weighted by molar-refractivity contribution is 0.122. The number of ether oxygens (including phenoxy) is 2. The van der Waals surface area contributed by atoms with E-state index in [0.29, 0.717) is 25.6 Å². The zero-order valence-corrected chi connectivity index (χ0v) is 19.8. The number of morpholine rings is 1. The molecule has 2 aromatic heterocycles. The van der Waals surface area contributed by atoms with E-state index in [1.807, 2.05) is 42.5 Å². The molecule has 8 heteroatoms. The molecule has 0 spiro atoms. The van der Waals surface area contributed by atoms with Gasteiger partial charge in [0.25, 0.3) is 0 Å². The molecule has 2 aliphatic heterocycles. The Bertz CT molecular complexity index is 1480. The van der Waals surface area contributed by atoms with Crippen molar-refractivity contribution in [2.75, 3.05) is 42.3 Å². The molecule has 4 N–H and O–H groups in total. The van der Waals surface area contributed by atoms with Gasteiger partial charge in [0, 0.05) is 66.4 Å². The Morgan fingerprint density at radius 2 is 1.92 bits per heavy atom. The van der Waals surface area contributed by atoms with Crippen LogP contribution in [-0.2, 0) is 17.7 Å². The van der Waals surface area contributed by atoms with Gasteiger partial charge in [0.1, 0.15) is 17.3 Å². The van der Waals surface area contributed by atoms with Gasteiger partial charge in [-0.25, -0.2) is 4.98 Å². The number of benzene rings is 2. The van der Waals surface area contributed by atoms with Crippen molar-refractivity contribution in [1.82, 2.24) is 9.97 Å². The van der Waals surface area contributed by atoms with E-state index in [4.69, 9.17) is 15.2 Å². The lowest BCUT2D eigenvalue weighted by atomic mass is 9.96. The monoisotopic (exact) mass is 481 g/mol. The van der Waals surface area contributed by atoms with Crippen LogP contribution in [0.3, 0.4) is 0 Å². The molecule has 2 aliphatic rings. The molecule has 0 atom stereocenters. The highest BCUT2D eigenvalue weighted by molar-refractivity contribution is 5.74. The molecule has 0 amide bonds. The zero-order chi connectivity index (χ0) is 24.5. The summed E-state index contributed by atoms with van der Waals surface area (Å²) >= 11 is 0. The normalized spacial score (nSPS) is 14.5. The molecule has 2 aromatic carbocycles. The summed E-state index contributed by atoms with van der Waals surface area (Å²) < 4.78 is 11.9. The molecular weight excluding hydrogens is 454 g/mol. The van der Waals surface area contributed by atoms with E-state index in [2.05, 4.69) is 32.3 Å². The van der Waals surface area contributed by atoms with Crippen LogP contribution in [0.4, 0.5) is 17.2 Å². The summed E-state index contributed by atoms with van der Waals surface area (Å²) in [4.78, 5) is 21.9. The van der Waals surface area contributed by atoms with Crippen molar-refractivity contribution in [3.05, 3.63) is 93.9 Å². The third kappa shape index (κ3) is 4.38. The summed E-state index contributed by atoms with van der Waals surface area (Å²) in [6, 6.07) is 19.7. The van der Waals surface area contributed by atoms with Crippen LogP contribution in [0, 0.1) is 0 Å². The van der Waals surface area contributed by atoms with Gasteiger partial charge in [-0.3, -0.25) is 4.79 Å². The van der Waals surface area contributed by atoms with Crippen LogP contribution >= 0.6 is 0 Å². The number of nitrogens with one attached hydrogen (secondary N) is 2. The van der Waals surface area contributed by atoms with Gasteiger partial charge in [-0.15, -0.1) is 0 Å². The van der Waals surface area contributed by atoms with E-state index in [9.17, 15) is 4.79 Å². The molecule has 0 saturated carbocycles. The van der Waals surface area contributed by atoms with Crippen LogP contribution in [0.5, 0.6) is 11.5 Å². The summed E-state index contributed by atoms with van der Waals surface area (Å²) in [7, 11) is 0.